The SMILES string of the molecule is COC(=O)CCC/C=C\C[C@@H]1C(/C=C/[C@@H](O)CCC2=CC(Br)C(C)S2)[C@H](O)C[C@@H]1O. The number of methoxy groups -OCH3 is 1. The number of rotatable bonds is 11. The molecular weight excluding hydrogens is 468 g/mol. The second-order valence-electron chi connectivity index (χ2n) is 8.18. The summed E-state index contributed by atoms with van der Waals surface area (Å²) < 4.78 is 4.62. The molecule has 1 saturated carbocycles. The lowest BCUT2D eigenvalue weighted by Gasteiger charge is -2.19. The Bertz CT molecular complexity index is 635. The molecule has 0 aromatic rings. The van der Waals surface area contributed by atoms with Gasteiger partial charge in [-0.1, -0.05) is 53.2 Å². The third-order valence-corrected chi connectivity index (χ3v) is 8.56. The fourth-order valence-corrected chi connectivity index (χ4v) is 5.95. The van der Waals surface area contributed by atoms with Crippen LogP contribution in [-0.2, 0) is 9.53 Å². The molecule has 1 fully saturated rings. The summed E-state index contributed by atoms with van der Waals surface area (Å²) in [5, 5.41) is 31.6. The molecule has 5 nitrogen and oxygen atoms in total. The Morgan fingerprint density at radius 1 is 1.37 bits per heavy atom. The Hall–Kier alpha value is -0.600. The van der Waals surface area contributed by atoms with Gasteiger partial charge >= 0.3 is 5.97 Å². The van der Waals surface area contributed by atoms with Crippen molar-refractivity contribution in [2.75, 3.05) is 7.11 Å². The van der Waals surface area contributed by atoms with E-state index in [9.17, 15) is 20.1 Å². The summed E-state index contributed by atoms with van der Waals surface area (Å²) in [7, 11) is 1.39. The average molecular weight is 503 g/mol. The highest BCUT2D eigenvalue weighted by Gasteiger charge is 2.39. The Kier molecular flexibility index (Phi) is 11.2. The first-order valence-electron chi connectivity index (χ1n) is 10.8. The predicted molar refractivity (Wildman–Crippen MR) is 125 cm³/mol. The van der Waals surface area contributed by atoms with Crippen LogP contribution in [0.2, 0.25) is 0 Å². The zero-order valence-corrected chi connectivity index (χ0v) is 20.2. The third kappa shape index (κ3) is 8.15. The van der Waals surface area contributed by atoms with Crippen LogP contribution in [0.1, 0.15) is 51.9 Å². The van der Waals surface area contributed by atoms with E-state index in [1.807, 2.05) is 30.0 Å². The molecule has 0 spiro atoms. The summed E-state index contributed by atoms with van der Waals surface area (Å²) in [4.78, 5) is 12.8. The molecule has 170 valence electrons. The van der Waals surface area contributed by atoms with Crippen molar-refractivity contribution < 1.29 is 24.9 Å². The summed E-state index contributed by atoms with van der Waals surface area (Å²) in [6.07, 6.45) is 12.6. The average Bonchev–Trinajstić information content (AvgIpc) is 3.17. The number of hydrogen-bond donors (Lipinski definition) is 3. The van der Waals surface area contributed by atoms with Crippen LogP contribution in [0.25, 0.3) is 0 Å². The van der Waals surface area contributed by atoms with Gasteiger partial charge in [-0.3, -0.25) is 4.79 Å². The molecule has 0 aromatic heterocycles. The molecule has 0 aromatic carbocycles. The first-order valence-corrected chi connectivity index (χ1v) is 12.6. The fourth-order valence-electron chi connectivity index (χ4n) is 3.99. The monoisotopic (exact) mass is 502 g/mol. The molecule has 1 aliphatic carbocycles. The second-order valence-corrected chi connectivity index (χ2v) is 10.7. The number of carbonyl (C=O) groups excluding carboxylic acids is 1. The smallest absolute Gasteiger partial charge is 0.305 e. The largest absolute Gasteiger partial charge is 0.469 e. The maximum absolute atomic E-state index is 11.1. The maximum Gasteiger partial charge on any atom is 0.305 e. The molecule has 3 N–H and O–H groups in total. The van der Waals surface area contributed by atoms with Gasteiger partial charge < -0.3 is 20.1 Å². The molecule has 2 rings (SSSR count). The first-order chi connectivity index (χ1) is 14.3. The van der Waals surface area contributed by atoms with Crippen molar-refractivity contribution in [2.24, 2.45) is 11.8 Å². The van der Waals surface area contributed by atoms with Gasteiger partial charge in [0.05, 0.1) is 25.4 Å². The molecule has 0 saturated heterocycles. The predicted octanol–water partition coefficient (Wildman–Crippen LogP) is 4.11. The molecule has 30 heavy (non-hydrogen) atoms. The highest BCUT2D eigenvalue weighted by atomic mass is 79.9. The molecule has 3 unspecified atom stereocenters. The van der Waals surface area contributed by atoms with Gasteiger partial charge in [-0.25, -0.2) is 0 Å². The standard InChI is InChI=1S/C23H35BrO5S/c1-15-20(24)13-17(30-15)11-9-16(25)10-12-19-18(21(26)14-22(19)27)7-5-3-4-6-8-23(28)29-2/h3,5,10,12-13,15-16,18-22,25-27H,4,6-9,11,14H2,1-2H3/b5-3-,12-10+/t15?,16-,18+,19?,20?,21-,22+/m0/s1. The van der Waals surface area contributed by atoms with E-state index in [1.54, 1.807) is 6.08 Å². The number of allylic oxidation sites excluding steroid dienone is 4. The number of unbranched alkanes of at least 4 members (excludes halogenated alkanes) is 1. The fraction of sp³-hybridized carbons (Fsp3) is 0.696. The van der Waals surface area contributed by atoms with Gasteiger partial charge in [-0.15, -0.1) is 11.8 Å². The van der Waals surface area contributed by atoms with E-state index in [-0.39, 0.29) is 17.8 Å². The Balaban J connectivity index is 1.78. The highest BCUT2D eigenvalue weighted by Crippen LogP contribution is 2.39. The summed E-state index contributed by atoms with van der Waals surface area (Å²) in [6, 6.07) is 0. The number of esters is 1. The van der Waals surface area contributed by atoms with Gasteiger partial charge in [-0.2, -0.15) is 0 Å². The van der Waals surface area contributed by atoms with Crippen molar-refractivity contribution in [3.8, 4) is 0 Å². The van der Waals surface area contributed by atoms with Gasteiger partial charge in [0.2, 0.25) is 0 Å². The number of halogens is 1. The minimum atomic E-state index is -0.593. The van der Waals surface area contributed by atoms with Crippen LogP contribution in [0.3, 0.4) is 0 Å². The normalized spacial score (nSPS) is 32.8. The first kappa shape index (κ1) is 25.7. The van der Waals surface area contributed by atoms with Crippen LogP contribution >= 0.6 is 27.7 Å². The van der Waals surface area contributed by atoms with E-state index in [0.29, 0.717) is 35.8 Å². The zero-order chi connectivity index (χ0) is 22.1. The van der Waals surface area contributed by atoms with Crippen LogP contribution < -0.4 is 0 Å². The lowest BCUT2D eigenvalue weighted by atomic mass is 9.89. The Labute approximate surface area is 192 Å². The molecular formula is C23H35BrO5S. The van der Waals surface area contributed by atoms with Crippen LogP contribution in [0.5, 0.6) is 0 Å². The van der Waals surface area contributed by atoms with Gasteiger partial charge in [0.15, 0.2) is 0 Å². The van der Waals surface area contributed by atoms with Crippen molar-refractivity contribution in [3.63, 3.8) is 0 Å². The van der Waals surface area contributed by atoms with Crippen molar-refractivity contribution >= 4 is 33.7 Å². The lowest BCUT2D eigenvalue weighted by Crippen LogP contribution is -2.20. The van der Waals surface area contributed by atoms with Gasteiger partial charge in [-0.05, 0) is 42.9 Å². The Morgan fingerprint density at radius 3 is 2.80 bits per heavy atom. The number of aliphatic hydroxyl groups is 3. The number of carbonyl (C=O) groups is 1. The van der Waals surface area contributed by atoms with E-state index < -0.39 is 18.3 Å². The van der Waals surface area contributed by atoms with Gasteiger partial charge in [0.1, 0.15) is 0 Å². The number of aliphatic hydroxyl groups excluding tert-OH is 3. The lowest BCUT2D eigenvalue weighted by molar-refractivity contribution is -0.140. The number of alkyl halides is 1. The molecule has 7 atom stereocenters. The number of ether oxygens (including phenoxy) is 1. The molecule has 0 amide bonds. The summed E-state index contributed by atoms with van der Waals surface area (Å²) in [6.45, 7) is 2.18. The topological polar surface area (TPSA) is 87.0 Å². The highest BCUT2D eigenvalue weighted by molar-refractivity contribution is 9.09. The summed E-state index contributed by atoms with van der Waals surface area (Å²) >= 11 is 5.49. The molecule has 0 radical (unpaired) electrons. The van der Waals surface area contributed by atoms with Crippen molar-refractivity contribution in [2.45, 2.75) is 80.3 Å². The maximum atomic E-state index is 11.1. The number of hydrogen-bond acceptors (Lipinski definition) is 6. The summed E-state index contributed by atoms with van der Waals surface area (Å²) in [5.74, 6) is -0.435. The van der Waals surface area contributed by atoms with E-state index in [1.165, 1.54) is 12.0 Å². The summed E-state index contributed by atoms with van der Waals surface area (Å²) in [5.41, 5.74) is 0. The number of thioether (sulfide) groups is 1. The van der Waals surface area contributed by atoms with Crippen molar-refractivity contribution in [1.82, 2.24) is 0 Å². The minimum Gasteiger partial charge on any atom is -0.469 e. The van der Waals surface area contributed by atoms with Gasteiger partial charge in [0.25, 0.3) is 0 Å². The minimum absolute atomic E-state index is 0.0663. The van der Waals surface area contributed by atoms with Gasteiger partial charge in [0, 0.05) is 28.8 Å². The molecule has 0 bridgehead atoms. The molecule has 7 heteroatoms. The van der Waals surface area contributed by atoms with Crippen molar-refractivity contribution in [1.29, 1.82) is 0 Å². The van der Waals surface area contributed by atoms with Crippen LogP contribution in [0.15, 0.2) is 35.3 Å². The molecule has 2 aliphatic rings. The van der Waals surface area contributed by atoms with E-state index >= 15 is 0 Å². The Morgan fingerprint density at radius 2 is 2.13 bits per heavy atom. The third-order valence-electron chi connectivity index (χ3n) is 5.84. The van der Waals surface area contributed by atoms with E-state index in [2.05, 4.69) is 33.7 Å². The van der Waals surface area contributed by atoms with Crippen LogP contribution in [-0.4, -0.2) is 56.8 Å². The quantitative estimate of drug-likeness (QED) is 0.170. The molecule has 1 aliphatic heterocycles. The van der Waals surface area contributed by atoms with Crippen LogP contribution in [0, 0.1) is 11.8 Å². The van der Waals surface area contributed by atoms with Crippen molar-refractivity contribution in [3.05, 3.63) is 35.3 Å². The van der Waals surface area contributed by atoms with E-state index in [0.717, 1.165) is 19.3 Å². The zero-order valence-electron chi connectivity index (χ0n) is 17.8. The molecule has 1 heterocycles. The van der Waals surface area contributed by atoms with E-state index in [4.69, 9.17) is 0 Å². The second kappa shape index (κ2) is 13.1. The van der Waals surface area contributed by atoms with Crippen LogP contribution in [0.4, 0.5) is 0 Å².